The van der Waals surface area contributed by atoms with Crippen LogP contribution < -0.4 is 5.43 Å². The molecule has 112 valence electrons. The number of nitrogens with one attached hydrogen (secondary N) is 1. The van der Waals surface area contributed by atoms with Crippen LogP contribution in [-0.2, 0) is 0 Å². The first kappa shape index (κ1) is 15.7. The maximum absolute atomic E-state index is 10.5. The normalized spacial score (nSPS) is 15.7. The topological polar surface area (TPSA) is 35.5 Å². The molecule has 2 aromatic carbocycles. The van der Waals surface area contributed by atoms with Crippen LogP contribution in [0.25, 0.3) is 0 Å². The van der Waals surface area contributed by atoms with E-state index in [2.05, 4.69) is 24.5 Å². The molecule has 0 aliphatic carbocycles. The molecule has 0 heterocycles. The van der Waals surface area contributed by atoms with E-state index < -0.39 is 6.10 Å². The maximum atomic E-state index is 10.5. The number of likely N-dealkylation sites (N-methyl/N-ethyl adjacent to an activating group) is 1. The van der Waals surface area contributed by atoms with Gasteiger partial charge in [0.1, 0.15) is 0 Å². The van der Waals surface area contributed by atoms with E-state index in [0.717, 1.165) is 5.56 Å². The third kappa shape index (κ3) is 4.14. The second-order valence-corrected chi connectivity index (χ2v) is 5.47. The largest absolute Gasteiger partial charge is 0.387 e. The van der Waals surface area contributed by atoms with E-state index >= 15 is 0 Å². The van der Waals surface area contributed by atoms with Crippen LogP contribution in [0.5, 0.6) is 0 Å². The number of nitrogens with zero attached hydrogens (tertiary/aromatic N) is 1. The van der Waals surface area contributed by atoms with Gasteiger partial charge < -0.3 is 5.11 Å². The molecule has 0 radical (unpaired) electrons. The SMILES string of the molecule is C[C@H](NN(C)[C@@H](C)[C@H](O)c1ccccc1)c1ccccc1. The van der Waals surface area contributed by atoms with Gasteiger partial charge in [-0.2, -0.15) is 0 Å². The highest BCUT2D eigenvalue weighted by atomic mass is 16.3. The lowest BCUT2D eigenvalue weighted by Gasteiger charge is -2.32. The smallest absolute Gasteiger partial charge is 0.0956 e. The molecule has 2 N–H and O–H groups in total. The molecular weight excluding hydrogens is 260 g/mol. The molecule has 3 heteroatoms. The molecule has 3 nitrogen and oxygen atoms in total. The van der Waals surface area contributed by atoms with Gasteiger partial charge in [-0.1, -0.05) is 60.7 Å². The van der Waals surface area contributed by atoms with E-state index in [0.29, 0.717) is 0 Å². The van der Waals surface area contributed by atoms with Crippen molar-refractivity contribution in [2.45, 2.75) is 32.0 Å². The van der Waals surface area contributed by atoms with E-state index in [1.165, 1.54) is 5.56 Å². The molecule has 0 amide bonds. The summed E-state index contributed by atoms with van der Waals surface area (Å²) >= 11 is 0. The molecule has 2 aromatic rings. The van der Waals surface area contributed by atoms with Gasteiger partial charge in [0.25, 0.3) is 0 Å². The predicted molar refractivity (Wildman–Crippen MR) is 86.6 cm³/mol. The minimum atomic E-state index is -0.522. The van der Waals surface area contributed by atoms with Gasteiger partial charge in [0.05, 0.1) is 12.1 Å². The van der Waals surface area contributed by atoms with Crippen molar-refractivity contribution in [2.75, 3.05) is 7.05 Å². The molecular formula is C18H24N2O. The summed E-state index contributed by atoms with van der Waals surface area (Å²) in [5.41, 5.74) is 5.58. The Kier molecular flexibility index (Phi) is 5.51. The molecule has 0 bridgehead atoms. The molecule has 0 saturated heterocycles. The number of benzene rings is 2. The molecule has 0 unspecified atom stereocenters. The van der Waals surface area contributed by atoms with Crippen LogP contribution >= 0.6 is 0 Å². The summed E-state index contributed by atoms with van der Waals surface area (Å²) in [5, 5.41) is 12.4. The van der Waals surface area contributed by atoms with E-state index in [9.17, 15) is 5.11 Å². The van der Waals surface area contributed by atoms with Crippen molar-refractivity contribution >= 4 is 0 Å². The van der Waals surface area contributed by atoms with E-state index in [-0.39, 0.29) is 12.1 Å². The van der Waals surface area contributed by atoms with Gasteiger partial charge in [-0.15, -0.1) is 0 Å². The Bertz CT molecular complexity index is 529. The third-order valence-electron chi connectivity index (χ3n) is 3.91. The number of aliphatic hydroxyl groups excluding tert-OH is 1. The van der Waals surface area contributed by atoms with Gasteiger partial charge in [0, 0.05) is 13.1 Å². The lowest BCUT2D eigenvalue weighted by molar-refractivity contribution is 0.0357. The summed E-state index contributed by atoms with van der Waals surface area (Å²) in [7, 11) is 1.97. The summed E-state index contributed by atoms with van der Waals surface area (Å²) in [6.07, 6.45) is -0.522. The second kappa shape index (κ2) is 7.36. The highest BCUT2D eigenvalue weighted by Crippen LogP contribution is 2.20. The Balaban J connectivity index is 1.98. The fourth-order valence-corrected chi connectivity index (χ4v) is 2.38. The van der Waals surface area contributed by atoms with Crippen LogP contribution in [0.15, 0.2) is 60.7 Å². The van der Waals surface area contributed by atoms with Crippen LogP contribution in [0.1, 0.15) is 37.1 Å². The maximum Gasteiger partial charge on any atom is 0.0956 e. The first-order valence-corrected chi connectivity index (χ1v) is 7.36. The third-order valence-corrected chi connectivity index (χ3v) is 3.91. The standard InChI is InChI=1S/C18H24N2O/c1-14(16-10-6-4-7-11-16)19-20(3)15(2)18(21)17-12-8-5-9-13-17/h4-15,18-19,21H,1-3H3/t14-,15-,18-/m0/s1. The highest BCUT2D eigenvalue weighted by molar-refractivity contribution is 5.19. The summed E-state index contributed by atoms with van der Waals surface area (Å²) < 4.78 is 0. The van der Waals surface area contributed by atoms with Crippen molar-refractivity contribution in [2.24, 2.45) is 0 Å². The first-order valence-electron chi connectivity index (χ1n) is 7.36. The molecule has 0 aliphatic rings. The Morgan fingerprint density at radius 1 is 0.857 bits per heavy atom. The predicted octanol–water partition coefficient (Wildman–Crippen LogP) is 3.31. The number of hydrazine groups is 1. The Labute approximate surface area is 127 Å². The Morgan fingerprint density at radius 3 is 1.86 bits per heavy atom. The molecule has 0 fully saturated rings. The van der Waals surface area contributed by atoms with Crippen molar-refractivity contribution < 1.29 is 5.11 Å². The minimum absolute atomic E-state index is 0.0291. The van der Waals surface area contributed by atoms with Gasteiger partial charge >= 0.3 is 0 Å². The molecule has 0 spiro atoms. The number of aliphatic hydroxyl groups is 1. The van der Waals surface area contributed by atoms with E-state index in [1.807, 2.05) is 67.5 Å². The van der Waals surface area contributed by atoms with E-state index in [1.54, 1.807) is 0 Å². The minimum Gasteiger partial charge on any atom is -0.387 e. The summed E-state index contributed by atoms with van der Waals surface area (Å²) in [6, 6.07) is 20.2. The first-order chi connectivity index (χ1) is 10.1. The van der Waals surface area contributed by atoms with Gasteiger partial charge in [0.2, 0.25) is 0 Å². The summed E-state index contributed by atoms with van der Waals surface area (Å²) in [6.45, 7) is 4.13. The Hall–Kier alpha value is -1.68. The van der Waals surface area contributed by atoms with Crippen LogP contribution in [0, 0.1) is 0 Å². The Morgan fingerprint density at radius 2 is 1.33 bits per heavy atom. The second-order valence-electron chi connectivity index (χ2n) is 5.47. The zero-order valence-electron chi connectivity index (χ0n) is 12.9. The lowest BCUT2D eigenvalue weighted by atomic mass is 10.0. The van der Waals surface area contributed by atoms with Gasteiger partial charge in [-0.25, -0.2) is 10.4 Å². The average molecular weight is 284 g/mol. The average Bonchev–Trinajstić information content (AvgIpc) is 2.55. The van der Waals surface area contributed by atoms with Gasteiger partial charge in [-0.3, -0.25) is 0 Å². The molecule has 0 saturated carbocycles. The van der Waals surface area contributed by atoms with Crippen LogP contribution in [0.4, 0.5) is 0 Å². The van der Waals surface area contributed by atoms with Crippen molar-refractivity contribution in [3.8, 4) is 0 Å². The fourth-order valence-electron chi connectivity index (χ4n) is 2.38. The van der Waals surface area contributed by atoms with Crippen molar-refractivity contribution in [3.63, 3.8) is 0 Å². The van der Waals surface area contributed by atoms with Gasteiger partial charge in [0.15, 0.2) is 0 Å². The van der Waals surface area contributed by atoms with Crippen molar-refractivity contribution in [1.82, 2.24) is 10.4 Å². The van der Waals surface area contributed by atoms with Crippen molar-refractivity contribution in [1.29, 1.82) is 0 Å². The monoisotopic (exact) mass is 284 g/mol. The summed E-state index contributed by atoms with van der Waals surface area (Å²) in [4.78, 5) is 0. The molecule has 0 aromatic heterocycles. The number of hydrogen-bond acceptors (Lipinski definition) is 3. The van der Waals surface area contributed by atoms with Crippen molar-refractivity contribution in [3.05, 3.63) is 71.8 Å². The highest BCUT2D eigenvalue weighted by Gasteiger charge is 2.21. The van der Waals surface area contributed by atoms with Gasteiger partial charge in [-0.05, 0) is 25.0 Å². The molecule has 2 rings (SSSR count). The van der Waals surface area contributed by atoms with Crippen LogP contribution in [0.2, 0.25) is 0 Å². The fraction of sp³-hybridized carbons (Fsp3) is 0.333. The number of rotatable bonds is 6. The quantitative estimate of drug-likeness (QED) is 0.799. The number of hydrogen-bond donors (Lipinski definition) is 2. The zero-order chi connectivity index (χ0) is 15.2. The summed E-state index contributed by atoms with van der Waals surface area (Å²) in [5.74, 6) is 0. The molecule has 3 atom stereocenters. The molecule has 21 heavy (non-hydrogen) atoms. The van der Waals surface area contributed by atoms with Crippen LogP contribution in [0.3, 0.4) is 0 Å². The van der Waals surface area contributed by atoms with E-state index in [4.69, 9.17) is 0 Å². The van der Waals surface area contributed by atoms with Crippen LogP contribution in [-0.4, -0.2) is 23.2 Å². The molecule has 0 aliphatic heterocycles. The zero-order valence-corrected chi connectivity index (χ0v) is 12.9. The lowest BCUT2D eigenvalue weighted by Crippen LogP contribution is -2.45.